The highest BCUT2D eigenvalue weighted by Gasteiger charge is 2.38. The first-order chi connectivity index (χ1) is 26.3. The van der Waals surface area contributed by atoms with Crippen molar-refractivity contribution in [1.82, 2.24) is 9.13 Å². The van der Waals surface area contributed by atoms with Crippen LogP contribution in [0.25, 0.3) is 87.7 Å². The first kappa shape index (κ1) is 31.4. The van der Waals surface area contributed by atoms with Crippen LogP contribution >= 0.6 is 0 Å². The Morgan fingerprint density at radius 1 is 0.370 bits per heavy atom. The number of nitrogens with zero attached hydrogens (tertiary/aromatic N) is 2. The highest BCUT2D eigenvalue weighted by molar-refractivity contribution is 6.33. The maximum Gasteiger partial charge on any atom is 0.0549 e. The van der Waals surface area contributed by atoms with Crippen LogP contribution in [-0.4, -0.2) is 9.13 Å². The smallest absolute Gasteiger partial charge is 0.0549 e. The van der Waals surface area contributed by atoms with Crippen LogP contribution in [0.15, 0.2) is 158 Å². The minimum Gasteiger partial charge on any atom is -0.309 e. The zero-order chi connectivity index (χ0) is 36.3. The molecule has 0 radical (unpaired) electrons. The summed E-state index contributed by atoms with van der Waals surface area (Å²) >= 11 is 0. The number of rotatable bonds is 3. The average Bonchev–Trinajstić information content (AvgIpc) is 3.72. The summed E-state index contributed by atoms with van der Waals surface area (Å²) in [7, 11) is 0. The van der Waals surface area contributed by atoms with Crippen LogP contribution in [0, 0.1) is 0 Å². The van der Waals surface area contributed by atoms with Gasteiger partial charge >= 0.3 is 0 Å². The Morgan fingerprint density at radius 3 is 1.69 bits per heavy atom. The lowest BCUT2D eigenvalue weighted by atomic mass is 9.63. The number of hydrogen-bond acceptors (Lipinski definition) is 0. The molecule has 2 heterocycles. The fourth-order valence-corrected chi connectivity index (χ4v) is 9.75. The molecule has 2 aromatic heterocycles. The molecule has 0 spiro atoms. The van der Waals surface area contributed by atoms with Crippen LogP contribution < -0.4 is 0 Å². The molecule has 0 atom stereocenters. The Balaban J connectivity index is 1.30. The van der Waals surface area contributed by atoms with E-state index in [1.54, 1.807) is 0 Å². The fourth-order valence-electron chi connectivity index (χ4n) is 9.75. The standard InChI is InChI=1S/C52H42N2/c1-51(2)27-28-52(3,4)43-32-47-41(31-42(43)51)49-45(54(47)39-23-21-36-29-35(19-20-37(36)30-39)33-13-7-5-8-14-33)25-26-46-50(49)48-40-18-12-11-15-34(40)22-24-44(48)53(46)38-16-9-6-10-17-38/h5-26,29-32H,27-28H2,1-4H3. The third-order valence-electron chi connectivity index (χ3n) is 12.7. The van der Waals surface area contributed by atoms with Crippen molar-refractivity contribution >= 4 is 65.2 Å². The minimum absolute atomic E-state index is 0.0888. The van der Waals surface area contributed by atoms with Crippen LogP contribution in [0.3, 0.4) is 0 Å². The molecular weight excluding hydrogens is 653 g/mol. The third kappa shape index (κ3) is 4.46. The van der Waals surface area contributed by atoms with Gasteiger partial charge < -0.3 is 9.13 Å². The van der Waals surface area contributed by atoms with E-state index in [1.165, 1.54) is 112 Å². The fraction of sp³-hybridized carbons (Fsp3) is 0.154. The van der Waals surface area contributed by atoms with E-state index in [4.69, 9.17) is 0 Å². The second-order valence-electron chi connectivity index (χ2n) is 16.8. The Labute approximate surface area is 315 Å². The predicted molar refractivity (Wildman–Crippen MR) is 231 cm³/mol. The zero-order valence-corrected chi connectivity index (χ0v) is 31.3. The molecule has 0 N–H and O–H groups in total. The van der Waals surface area contributed by atoms with Gasteiger partial charge in [-0.1, -0.05) is 125 Å². The van der Waals surface area contributed by atoms with Crippen molar-refractivity contribution in [3.63, 3.8) is 0 Å². The van der Waals surface area contributed by atoms with Crippen LogP contribution in [-0.2, 0) is 10.8 Å². The molecule has 8 aromatic carbocycles. The summed E-state index contributed by atoms with van der Waals surface area (Å²) in [6, 6.07) is 58.9. The molecule has 1 aliphatic carbocycles. The zero-order valence-electron chi connectivity index (χ0n) is 31.3. The third-order valence-corrected chi connectivity index (χ3v) is 12.7. The van der Waals surface area contributed by atoms with E-state index in [2.05, 4.69) is 195 Å². The van der Waals surface area contributed by atoms with E-state index in [1.807, 2.05) is 0 Å². The number of fused-ring (bicyclic) bond motifs is 11. The van der Waals surface area contributed by atoms with Crippen LogP contribution in [0.1, 0.15) is 51.7 Å². The summed E-state index contributed by atoms with van der Waals surface area (Å²) in [5.74, 6) is 0. The Morgan fingerprint density at radius 2 is 0.926 bits per heavy atom. The van der Waals surface area contributed by atoms with Crippen molar-refractivity contribution in [2.24, 2.45) is 0 Å². The number of benzene rings is 8. The Bertz CT molecular complexity index is 3140. The van der Waals surface area contributed by atoms with Crippen molar-refractivity contribution in [2.75, 3.05) is 0 Å². The first-order valence-electron chi connectivity index (χ1n) is 19.4. The summed E-state index contributed by atoms with van der Waals surface area (Å²) in [6.07, 6.45) is 2.36. The lowest BCUT2D eigenvalue weighted by Gasteiger charge is -2.42. The van der Waals surface area contributed by atoms with Crippen molar-refractivity contribution in [2.45, 2.75) is 51.4 Å². The molecule has 11 rings (SSSR count). The van der Waals surface area contributed by atoms with Gasteiger partial charge in [0.1, 0.15) is 0 Å². The van der Waals surface area contributed by atoms with Crippen LogP contribution in [0.5, 0.6) is 0 Å². The lowest BCUT2D eigenvalue weighted by molar-refractivity contribution is 0.332. The molecule has 0 fully saturated rings. The summed E-state index contributed by atoms with van der Waals surface area (Å²) in [4.78, 5) is 0. The molecule has 0 amide bonds. The number of para-hydroxylation sites is 1. The largest absolute Gasteiger partial charge is 0.309 e. The SMILES string of the molecule is CC1(C)CCC(C)(C)c2cc3c(cc21)c1c2c4c5ccccc5ccc4n(-c4ccccc4)c2ccc1n3-c1ccc2cc(-c3ccccc3)ccc2c1. The van der Waals surface area contributed by atoms with Gasteiger partial charge in [0, 0.05) is 32.9 Å². The topological polar surface area (TPSA) is 9.86 Å². The highest BCUT2D eigenvalue weighted by Crippen LogP contribution is 2.50. The van der Waals surface area contributed by atoms with Gasteiger partial charge in [-0.3, -0.25) is 0 Å². The van der Waals surface area contributed by atoms with Gasteiger partial charge in [-0.15, -0.1) is 0 Å². The van der Waals surface area contributed by atoms with E-state index in [0.29, 0.717) is 0 Å². The minimum atomic E-state index is 0.0888. The molecule has 54 heavy (non-hydrogen) atoms. The quantitative estimate of drug-likeness (QED) is 0.174. The maximum absolute atomic E-state index is 2.59. The molecule has 10 aromatic rings. The van der Waals surface area contributed by atoms with Crippen molar-refractivity contribution in [1.29, 1.82) is 0 Å². The molecule has 1 aliphatic rings. The van der Waals surface area contributed by atoms with Crippen molar-refractivity contribution in [3.8, 4) is 22.5 Å². The molecule has 0 aliphatic heterocycles. The summed E-state index contributed by atoms with van der Waals surface area (Å²) < 4.78 is 5.04. The normalized spacial score (nSPS) is 15.2. The molecule has 0 saturated heterocycles. The van der Waals surface area contributed by atoms with Gasteiger partial charge in [0.2, 0.25) is 0 Å². The molecular formula is C52H42N2. The molecule has 2 heteroatoms. The monoisotopic (exact) mass is 694 g/mol. The van der Waals surface area contributed by atoms with E-state index >= 15 is 0 Å². The van der Waals surface area contributed by atoms with Crippen LogP contribution in [0.2, 0.25) is 0 Å². The Kier molecular flexibility index (Phi) is 6.51. The maximum atomic E-state index is 2.59. The van der Waals surface area contributed by atoms with Gasteiger partial charge in [0.05, 0.1) is 22.1 Å². The van der Waals surface area contributed by atoms with Crippen molar-refractivity contribution < 1.29 is 0 Å². The molecule has 0 bridgehead atoms. The lowest BCUT2D eigenvalue weighted by Crippen LogP contribution is -2.33. The average molecular weight is 695 g/mol. The van der Waals surface area contributed by atoms with Gasteiger partial charge in [-0.05, 0) is 128 Å². The van der Waals surface area contributed by atoms with E-state index in [9.17, 15) is 0 Å². The summed E-state index contributed by atoms with van der Waals surface area (Å²) in [5, 5.41) is 10.4. The van der Waals surface area contributed by atoms with E-state index in [-0.39, 0.29) is 10.8 Å². The predicted octanol–water partition coefficient (Wildman–Crippen LogP) is 14.2. The second kappa shape index (κ2) is 11.2. The van der Waals surface area contributed by atoms with Gasteiger partial charge in [-0.2, -0.15) is 0 Å². The van der Waals surface area contributed by atoms with Gasteiger partial charge in [-0.25, -0.2) is 0 Å². The van der Waals surface area contributed by atoms with Crippen molar-refractivity contribution in [3.05, 3.63) is 169 Å². The van der Waals surface area contributed by atoms with Gasteiger partial charge in [0.25, 0.3) is 0 Å². The van der Waals surface area contributed by atoms with E-state index in [0.717, 1.165) is 0 Å². The second-order valence-corrected chi connectivity index (χ2v) is 16.8. The molecule has 2 nitrogen and oxygen atoms in total. The van der Waals surface area contributed by atoms with E-state index < -0.39 is 0 Å². The molecule has 0 unspecified atom stereocenters. The van der Waals surface area contributed by atoms with Gasteiger partial charge in [0.15, 0.2) is 0 Å². The number of hydrogen-bond donors (Lipinski definition) is 0. The highest BCUT2D eigenvalue weighted by atomic mass is 15.0. The Hall–Kier alpha value is -6.12. The first-order valence-corrected chi connectivity index (χ1v) is 19.4. The summed E-state index contributed by atoms with van der Waals surface area (Å²) in [6.45, 7) is 9.78. The molecule has 0 saturated carbocycles. The van der Waals surface area contributed by atoms with Crippen LogP contribution in [0.4, 0.5) is 0 Å². The number of aromatic nitrogens is 2. The molecule has 260 valence electrons. The summed E-state index contributed by atoms with van der Waals surface area (Å²) in [5.41, 5.74) is 13.0.